The van der Waals surface area contributed by atoms with Gasteiger partial charge < -0.3 is 16.4 Å². The minimum Gasteiger partial charge on any atom is -0.370 e. The van der Waals surface area contributed by atoms with Crippen molar-refractivity contribution in [2.45, 2.75) is 6.92 Å². The van der Waals surface area contributed by atoms with Gasteiger partial charge in [-0.25, -0.2) is 4.99 Å². The topological polar surface area (TPSA) is 108 Å². The molecule has 19 heavy (non-hydrogen) atoms. The van der Waals surface area contributed by atoms with E-state index in [0.29, 0.717) is 31.3 Å². The molecule has 106 valence electrons. The highest BCUT2D eigenvalue weighted by Crippen LogP contribution is 1.89. The monoisotopic (exact) mass is 378 g/mol. The Balaban J connectivity index is 0.00000324. The zero-order valence-corrected chi connectivity index (χ0v) is 13.1. The van der Waals surface area contributed by atoms with E-state index in [4.69, 9.17) is 5.73 Å². The number of H-pyrrole nitrogens is 1. The summed E-state index contributed by atoms with van der Waals surface area (Å²) < 4.78 is 0. The van der Waals surface area contributed by atoms with E-state index in [1.54, 1.807) is 6.07 Å². The van der Waals surface area contributed by atoms with Gasteiger partial charge in [0.15, 0.2) is 5.96 Å². The molecule has 0 aromatic carbocycles. The number of aromatic nitrogens is 2. The molecule has 1 rings (SSSR count). The Morgan fingerprint density at radius 2 is 2.21 bits per heavy atom. The van der Waals surface area contributed by atoms with E-state index in [2.05, 4.69) is 32.4 Å². The molecular weight excluding hydrogens is 359 g/mol. The lowest BCUT2D eigenvalue weighted by atomic mass is 10.4. The average molecular weight is 378 g/mol. The Kier molecular flexibility index (Phi) is 8.58. The Morgan fingerprint density at radius 1 is 1.53 bits per heavy atom. The highest BCUT2D eigenvalue weighted by atomic mass is 127. The predicted molar refractivity (Wildman–Crippen MR) is 85.6 cm³/mol. The molecule has 0 atom stereocenters. The molecule has 1 aromatic heterocycles. The maximum Gasteiger partial charge on any atom is 0.269 e. The van der Waals surface area contributed by atoms with Crippen LogP contribution in [0.3, 0.4) is 0 Å². The lowest BCUT2D eigenvalue weighted by Crippen LogP contribution is -2.38. The van der Waals surface area contributed by atoms with Crippen LogP contribution in [0, 0.1) is 0 Å². The van der Waals surface area contributed by atoms with Crippen molar-refractivity contribution in [1.29, 1.82) is 0 Å². The number of nitrogens with one attached hydrogen (secondary N) is 3. The molecule has 0 bridgehead atoms. The van der Waals surface area contributed by atoms with Crippen LogP contribution in [0.2, 0.25) is 0 Å². The van der Waals surface area contributed by atoms with E-state index in [0.717, 1.165) is 5.57 Å². The first-order chi connectivity index (χ1) is 8.59. The number of rotatable bonds is 6. The van der Waals surface area contributed by atoms with Crippen molar-refractivity contribution in [3.05, 3.63) is 30.1 Å². The van der Waals surface area contributed by atoms with Crippen LogP contribution >= 0.6 is 24.0 Å². The molecule has 7 nitrogen and oxygen atoms in total. The van der Waals surface area contributed by atoms with Gasteiger partial charge in [0.25, 0.3) is 5.91 Å². The first-order valence-corrected chi connectivity index (χ1v) is 5.55. The average Bonchev–Trinajstić information content (AvgIpc) is 2.85. The first-order valence-electron chi connectivity index (χ1n) is 5.55. The second-order valence-electron chi connectivity index (χ2n) is 3.81. The quantitative estimate of drug-likeness (QED) is 0.187. The molecule has 0 fully saturated rings. The Morgan fingerprint density at radius 3 is 2.79 bits per heavy atom. The minimum absolute atomic E-state index is 0. The molecule has 0 aliphatic heterocycles. The van der Waals surface area contributed by atoms with Crippen molar-refractivity contribution in [2.24, 2.45) is 10.7 Å². The van der Waals surface area contributed by atoms with Crippen LogP contribution in [-0.2, 0) is 0 Å². The zero-order chi connectivity index (χ0) is 13.4. The number of nitrogens with zero attached hydrogens (tertiary/aromatic N) is 2. The van der Waals surface area contributed by atoms with Crippen molar-refractivity contribution in [3.63, 3.8) is 0 Å². The molecule has 0 saturated carbocycles. The first kappa shape index (κ1) is 17.4. The summed E-state index contributed by atoms with van der Waals surface area (Å²) in [6.45, 7) is 7.05. The second-order valence-corrected chi connectivity index (χ2v) is 3.81. The van der Waals surface area contributed by atoms with Gasteiger partial charge in [-0.3, -0.25) is 9.89 Å². The van der Waals surface area contributed by atoms with E-state index in [-0.39, 0.29) is 29.9 Å². The summed E-state index contributed by atoms with van der Waals surface area (Å²) in [4.78, 5) is 15.5. The van der Waals surface area contributed by atoms with E-state index in [1.807, 2.05) is 6.92 Å². The molecule has 0 aliphatic rings. The standard InChI is InChI=1S/C11H18N6O.HI/c1-8(2)7-15-11(12)14-6-5-13-10(18)9-3-4-16-17-9;/h3-4H,1,5-7H2,2H3,(H,13,18)(H,16,17)(H3,12,14,15);1H. The van der Waals surface area contributed by atoms with Crippen LogP contribution in [0.15, 0.2) is 29.4 Å². The molecule has 0 aliphatic carbocycles. The van der Waals surface area contributed by atoms with Crippen LogP contribution < -0.4 is 16.4 Å². The van der Waals surface area contributed by atoms with Gasteiger partial charge in [0.1, 0.15) is 5.69 Å². The third kappa shape index (κ3) is 7.44. The molecule has 0 unspecified atom stereocenters. The van der Waals surface area contributed by atoms with Gasteiger partial charge in [0, 0.05) is 19.3 Å². The summed E-state index contributed by atoms with van der Waals surface area (Å²) in [6.07, 6.45) is 1.52. The summed E-state index contributed by atoms with van der Waals surface area (Å²) in [7, 11) is 0. The number of carbonyl (C=O) groups is 1. The number of carbonyl (C=O) groups excluding carboxylic acids is 1. The van der Waals surface area contributed by atoms with E-state index in [1.165, 1.54) is 6.20 Å². The smallest absolute Gasteiger partial charge is 0.269 e. The molecule has 1 heterocycles. The normalized spacial score (nSPS) is 10.5. The lowest BCUT2D eigenvalue weighted by molar-refractivity contribution is 0.0949. The van der Waals surface area contributed by atoms with E-state index >= 15 is 0 Å². The SMILES string of the molecule is C=C(C)CN=C(N)NCCNC(=O)c1ccn[nH]1.I. The highest BCUT2D eigenvalue weighted by Gasteiger charge is 2.04. The number of aliphatic imine (C=N–C) groups is 1. The van der Waals surface area contributed by atoms with Gasteiger partial charge in [0.05, 0.1) is 6.54 Å². The number of guanidine groups is 1. The van der Waals surface area contributed by atoms with Crippen molar-refractivity contribution >= 4 is 35.8 Å². The second kappa shape index (κ2) is 9.36. The number of amides is 1. The maximum atomic E-state index is 11.5. The molecule has 8 heteroatoms. The summed E-state index contributed by atoms with van der Waals surface area (Å²) in [5.41, 5.74) is 6.97. The maximum absolute atomic E-state index is 11.5. The molecule has 0 spiro atoms. The fraction of sp³-hybridized carbons (Fsp3) is 0.364. The van der Waals surface area contributed by atoms with Crippen molar-refractivity contribution in [1.82, 2.24) is 20.8 Å². The molecule has 5 N–H and O–H groups in total. The molecule has 0 radical (unpaired) electrons. The van der Waals surface area contributed by atoms with Gasteiger partial charge in [-0.2, -0.15) is 5.10 Å². The number of hydrogen-bond acceptors (Lipinski definition) is 3. The fourth-order valence-electron chi connectivity index (χ4n) is 1.12. The molecule has 1 aromatic rings. The van der Waals surface area contributed by atoms with Gasteiger partial charge >= 0.3 is 0 Å². The minimum atomic E-state index is -0.202. The van der Waals surface area contributed by atoms with E-state index in [9.17, 15) is 4.79 Å². The van der Waals surface area contributed by atoms with Crippen LogP contribution in [-0.4, -0.2) is 41.7 Å². The van der Waals surface area contributed by atoms with Gasteiger partial charge in [-0.1, -0.05) is 12.2 Å². The number of hydrogen-bond donors (Lipinski definition) is 4. The van der Waals surface area contributed by atoms with Gasteiger partial charge in [-0.15, -0.1) is 24.0 Å². The number of halogens is 1. The highest BCUT2D eigenvalue weighted by molar-refractivity contribution is 14.0. The van der Waals surface area contributed by atoms with Crippen LogP contribution in [0.25, 0.3) is 0 Å². The Labute approximate surface area is 129 Å². The Hall–Kier alpha value is -1.58. The summed E-state index contributed by atoms with van der Waals surface area (Å²) in [6, 6.07) is 1.60. The van der Waals surface area contributed by atoms with Crippen molar-refractivity contribution < 1.29 is 4.79 Å². The van der Waals surface area contributed by atoms with Crippen molar-refractivity contribution in [2.75, 3.05) is 19.6 Å². The largest absolute Gasteiger partial charge is 0.370 e. The third-order valence-corrected chi connectivity index (χ3v) is 1.98. The third-order valence-electron chi connectivity index (χ3n) is 1.98. The fourth-order valence-corrected chi connectivity index (χ4v) is 1.12. The van der Waals surface area contributed by atoms with Crippen molar-refractivity contribution in [3.8, 4) is 0 Å². The van der Waals surface area contributed by atoms with Crippen LogP contribution in [0.4, 0.5) is 0 Å². The van der Waals surface area contributed by atoms with Gasteiger partial charge in [0.2, 0.25) is 0 Å². The van der Waals surface area contributed by atoms with Crippen LogP contribution in [0.1, 0.15) is 17.4 Å². The summed E-state index contributed by atoms with van der Waals surface area (Å²) in [5, 5.41) is 11.9. The predicted octanol–water partition coefficient (Wildman–Crippen LogP) is 0.238. The molecule has 1 amide bonds. The lowest BCUT2D eigenvalue weighted by Gasteiger charge is -2.06. The molecule has 0 saturated heterocycles. The number of aromatic amines is 1. The zero-order valence-electron chi connectivity index (χ0n) is 10.8. The summed E-state index contributed by atoms with van der Waals surface area (Å²) in [5.74, 6) is 0.139. The van der Waals surface area contributed by atoms with Gasteiger partial charge in [-0.05, 0) is 13.0 Å². The molecular formula is C11H19IN6O. The Bertz CT molecular complexity index is 428. The van der Waals surface area contributed by atoms with E-state index < -0.39 is 0 Å². The summed E-state index contributed by atoms with van der Waals surface area (Å²) >= 11 is 0. The van der Waals surface area contributed by atoms with Crippen LogP contribution in [0.5, 0.6) is 0 Å². The number of nitrogens with two attached hydrogens (primary N) is 1.